The van der Waals surface area contributed by atoms with E-state index in [0.717, 1.165) is 5.69 Å². The van der Waals surface area contributed by atoms with E-state index in [1.807, 2.05) is 18.2 Å². The zero-order chi connectivity index (χ0) is 14.2. The van der Waals surface area contributed by atoms with Crippen LogP contribution in [0.15, 0.2) is 42.6 Å². The second-order valence-electron chi connectivity index (χ2n) is 4.00. The van der Waals surface area contributed by atoms with Crippen molar-refractivity contribution in [3.05, 3.63) is 59.7 Å². The van der Waals surface area contributed by atoms with Gasteiger partial charge in [-0.25, -0.2) is 4.39 Å². The second kappa shape index (κ2) is 7.52. The first-order valence-electron chi connectivity index (χ1n) is 6.16. The first kappa shape index (κ1) is 14.4. The van der Waals surface area contributed by atoms with Crippen molar-refractivity contribution >= 4 is 11.6 Å². The number of pyridine rings is 1. The number of benzene rings is 1. The lowest BCUT2D eigenvalue weighted by molar-refractivity contribution is 0.286. The van der Waals surface area contributed by atoms with Gasteiger partial charge in [-0.2, -0.15) is 0 Å². The first-order chi connectivity index (χ1) is 9.79. The zero-order valence-corrected chi connectivity index (χ0v) is 11.5. The van der Waals surface area contributed by atoms with Crippen molar-refractivity contribution < 1.29 is 9.13 Å². The zero-order valence-electron chi connectivity index (χ0n) is 10.8. The van der Waals surface area contributed by atoms with Crippen molar-refractivity contribution in [1.82, 2.24) is 4.98 Å². The van der Waals surface area contributed by atoms with Crippen molar-refractivity contribution in [2.45, 2.75) is 13.0 Å². The van der Waals surface area contributed by atoms with Crippen LogP contribution >= 0.6 is 11.6 Å². The summed E-state index contributed by atoms with van der Waals surface area (Å²) in [5, 5.41) is 0. The van der Waals surface area contributed by atoms with Crippen LogP contribution in [0.2, 0.25) is 0 Å². The molecule has 0 N–H and O–H groups in total. The molecule has 0 aliphatic heterocycles. The Morgan fingerprint density at radius 2 is 2.15 bits per heavy atom. The summed E-state index contributed by atoms with van der Waals surface area (Å²) in [6.07, 6.45) is 2.27. The fraction of sp³-hybridized carbons (Fsp3) is 0.188. The molecule has 2 nitrogen and oxygen atoms in total. The maximum atomic E-state index is 13.6. The molecule has 0 aliphatic rings. The third-order valence-electron chi connectivity index (χ3n) is 2.49. The van der Waals surface area contributed by atoms with Gasteiger partial charge in [0.25, 0.3) is 0 Å². The Morgan fingerprint density at radius 1 is 1.25 bits per heavy atom. The van der Waals surface area contributed by atoms with Gasteiger partial charge in [-0.3, -0.25) is 4.98 Å². The Balaban J connectivity index is 2.07. The van der Waals surface area contributed by atoms with Gasteiger partial charge in [0, 0.05) is 24.1 Å². The molecule has 102 valence electrons. The van der Waals surface area contributed by atoms with Crippen LogP contribution in [-0.2, 0) is 6.61 Å². The first-order valence-corrected chi connectivity index (χ1v) is 6.70. The Hall–Kier alpha value is -2.05. The summed E-state index contributed by atoms with van der Waals surface area (Å²) in [5.74, 6) is 6.06. The molecule has 4 heteroatoms. The van der Waals surface area contributed by atoms with Gasteiger partial charge >= 0.3 is 0 Å². The van der Waals surface area contributed by atoms with Crippen molar-refractivity contribution in [3.8, 4) is 17.6 Å². The molecule has 2 rings (SSSR count). The number of aromatic nitrogens is 1. The highest BCUT2D eigenvalue weighted by atomic mass is 35.5. The van der Waals surface area contributed by atoms with Gasteiger partial charge in [-0.15, -0.1) is 11.6 Å². The highest BCUT2D eigenvalue weighted by Gasteiger charge is 2.04. The Kier molecular flexibility index (Phi) is 5.40. The van der Waals surface area contributed by atoms with E-state index in [1.54, 1.807) is 18.3 Å². The predicted molar refractivity (Wildman–Crippen MR) is 77.2 cm³/mol. The van der Waals surface area contributed by atoms with Gasteiger partial charge in [-0.1, -0.05) is 17.9 Å². The minimum absolute atomic E-state index is 0.174. The summed E-state index contributed by atoms with van der Waals surface area (Å²) in [6.45, 7) is 0.219. The number of rotatable bonds is 4. The largest absolute Gasteiger partial charge is 0.484 e. The minimum Gasteiger partial charge on any atom is -0.484 e. The van der Waals surface area contributed by atoms with E-state index >= 15 is 0 Å². The van der Waals surface area contributed by atoms with Gasteiger partial charge in [0.15, 0.2) is 11.6 Å². The van der Waals surface area contributed by atoms with Crippen molar-refractivity contribution in [3.63, 3.8) is 0 Å². The van der Waals surface area contributed by atoms with Gasteiger partial charge in [0.05, 0.1) is 5.69 Å². The number of nitrogens with zero attached hydrogens (tertiary/aromatic N) is 1. The van der Waals surface area contributed by atoms with E-state index in [2.05, 4.69) is 16.8 Å². The van der Waals surface area contributed by atoms with Crippen LogP contribution < -0.4 is 4.74 Å². The molecule has 1 aromatic heterocycles. The number of hydrogen-bond donors (Lipinski definition) is 0. The van der Waals surface area contributed by atoms with Gasteiger partial charge in [0.2, 0.25) is 0 Å². The van der Waals surface area contributed by atoms with E-state index in [-0.39, 0.29) is 12.4 Å². The van der Waals surface area contributed by atoms with Gasteiger partial charge < -0.3 is 4.74 Å². The Morgan fingerprint density at radius 3 is 2.90 bits per heavy atom. The van der Waals surface area contributed by atoms with Gasteiger partial charge in [0.1, 0.15) is 6.61 Å². The topological polar surface area (TPSA) is 22.1 Å². The van der Waals surface area contributed by atoms with Crippen molar-refractivity contribution in [1.29, 1.82) is 0 Å². The van der Waals surface area contributed by atoms with E-state index in [9.17, 15) is 4.39 Å². The summed E-state index contributed by atoms with van der Waals surface area (Å²) in [4.78, 5) is 4.12. The molecule has 1 heterocycles. The lowest BCUT2D eigenvalue weighted by Crippen LogP contribution is -1.99. The number of hydrogen-bond acceptors (Lipinski definition) is 2. The fourth-order valence-corrected chi connectivity index (χ4v) is 1.63. The molecule has 0 spiro atoms. The fourth-order valence-electron chi connectivity index (χ4n) is 1.54. The highest BCUT2D eigenvalue weighted by Crippen LogP contribution is 2.19. The highest BCUT2D eigenvalue weighted by molar-refractivity contribution is 6.18. The molecule has 0 radical (unpaired) electrons. The van der Waals surface area contributed by atoms with Crippen molar-refractivity contribution in [2.24, 2.45) is 0 Å². The van der Waals surface area contributed by atoms with Crippen LogP contribution in [0.1, 0.15) is 17.7 Å². The molecule has 0 saturated carbocycles. The summed E-state index contributed by atoms with van der Waals surface area (Å²) in [5.41, 5.74) is 1.44. The second-order valence-corrected chi connectivity index (χ2v) is 4.37. The Labute approximate surface area is 122 Å². The maximum absolute atomic E-state index is 13.6. The standard InChI is InChI=1S/C16H13ClFNO/c17-9-3-1-5-13-7-8-15(18)16(11-13)20-12-14-6-2-4-10-19-14/h2,4,6-8,10-11H,3,9,12H2. The molecule has 20 heavy (non-hydrogen) atoms. The molecule has 2 aromatic rings. The van der Waals surface area contributed by atoms with Crippen LogP contribution in [0.3, 0.4) is 0 Å². The maximum Gasteiger partial charge on any atom is 0.165 e. The molecule has 0 amide bonds. The van der Waals surface area contributed by atoms with Crippen LogP contribution in [0, 0.1) is 17.7 Å². The molecule has 0 fully saturated rings. The van der Waals surface area contributed by atoms with Gasteiger partial charge in [-0.05, 0) is 30.3 Å². The van der Waals surface area contributed by atoms with E-state index in [4.69, 9.17) is 16.3 Å². The monoisotopic (exact) mass is 289 g/mol. The smallest absolute Gasteiger partial charge is 0.165 e. The van der Waals surface area contributed by atoms with E-state index in [0.29, 0.717) is 17.9 Å². The van der Waals surface area contributed by atoms with Crippen LogP contribution in [0.5, 0.6) is 5.75 Å². The molecular formula is C16H13ClFNO. The third kappa shape index (κ3) is 4.25. The van der Waals surface area contributed by atoms with Crippen LogP contribution in [0.4, 0.5) is 4.39 Å². The molecule has 0 unspecified atom stereocenters. The molecule has 0 saturated heterocycles. The summed E-state index contributed by atoms with van der Waals surface area (Å²) < 4.78 is 19.1. The van der Waals surface area contributed by atoms with E-state index < -0.39 is 5.82 Å². The molecule has 0 aliphatic carbocycles. The third-order valence-corrected chi connectivity index (χ3v) is 2.67. The molecule has 1 aromatic carbocycles. The molecule has 0 atom stereocenters. The van der Waals surface area contributed by atoms with Crippen LogP contribution in [-0.4, -0.2) is 10.9 Å². The summed E-state index contributed by atoms with van der Waals surface area (Å²) in [7, 11) is 0. The number of alkyl halides is 1. The lowest BCUT2D eigenvalue weighted by atomic mass is 10.2. The summed E-state index contributed by atoms with van der Waals surface area (Å²) in [6, 6.07) is 10.0. The lowest BCUT2D eigenvalue weighted by Gasteiger charge is -2.07. The quantitative estimate of drug-likeness (QED) is 0.631. The molecular weight excluding hydrogens is 277 g/mol. The molecule has 0 bridgehead atoms. The average molecular weight is 290 g/mol. The van der Waals surface area contributed by atoms with E-state index in [1.165, 1.54) is 6.07 Å². The predicted octanol–water partition coefficient (Wildman–Crippen LogP) is 3.78. The number of ether oxygens (including phenoxy) is 1. The Bertz CT molecular complexity index is 619. The SMILES string of the molecule is Fc1ccc(C#CCCCl)cc1OCc1ccccn1. The summed E-state index contributed by atoms with van der Waals surface area (Å²) >= 11 is 5.55. The number of halogens is 2. The van der Waals surface area contributed by atoms with Crippen LogP contribution in [0.25, 0.3) is 0 Å². The van der Waals surface area contributed by atoms with Crippen molar-refractivity contribution in [2.75, 3.05) is 5.88 Å². The average Bonchev–Trinajstić information content (AvgIpc) is 2.49. The minimum atomic E-state index is -0.413. The normalized spacial score (nSPS) is 9.70.